The van der Waals surface area contributed by atoms with Crippen LogP contribution >= 0.6 is 0 Å². The van der Waals surface area contributed by atoms with E-state index in [-0.39, 0.29) is 12.2 Å². The fourth-order valence-corrected chi connectivity index (χ4v) is 3.36. The molecular weight excluding hydrogens is 383 g/mol. The van der Waals surface area contributed by atoms with Crippen LogP contribution in [0.1, 0.15) is 60.5 Å². The van der Waals surface area contributed by atoms with Crippen LogP contribution in [-0.4, -0.2) is 54.1 Å². The Kier molecular flexibility index (Phi) is 5.83. The zero-order chi connectivity index (χ0) is 22.3. The van der Waals surface area contributed by atoms with Crippen LogP contribution in [0.15, 0.2) is 18.2 Å². The molecule has 0 aromatic heterocycles. The Morgan fingerprint density at radius 3 is 2.43 bits per heavy atom. The number of rotatable bonds is 3. The second-order valence-corrected chi connectivity index (χ2v) is 9.91. The molecule has 0 saturated carbocycles. The van der Waals surface area contributed by atoms with Crippen LogP contribution in [0.3, 0.4) is 0 Å². The van der Waals surface area contributed by atoms with E-state index in [9.17, 15) is 10.1 Å². The van der Waals surface area contributed by atoms with Gasteiger partial charge in [-0.1, -0.05) is 6.07 Å². The molecular formula is C22H31BN2O5. The number of carbonyl (C=O) groups is 1. The maximum Gasteiger partial charge on any atom is 0.494 e. The molecule has 1 amide bonds. The molecule has 7 nitrogen and oxygen atoms in total. The molecule has 2 saturated heterocycles. The van der Waals surface area contributed by atoms with Crippen LogP contribution in [0, 0.1) is 11.3 Å². The first-order valence-electron chi connectivity index (χ1n) is 10.4. The SMILES string of the molecule is CC(C)(C)OC(=O)N1CCC(Oc2ccc(B3OC(C)(C)C(C)(C)O3)cc2C#N)C1. The zero-order valence-corrected chi connectivity index (χ0v) is 18.9. The van der Waals surface area contributed by atoms with Gasteiger partial charge in [-0.15, -0.1) is 0 Å². The van der Waals surface area contributed by atoms with Crippen molar-refractivity contribution in [3.63, 3.8) is 0 Å². The molecule has 1 aromatic carbocycles. The van der Waals surface area contributed by atoms with Gasteiger partial charge in [0.05, 0.1) is 23.3 Å². The van der Waals surface area contributed by atoms with Crippen LogP contribution in [0.2, 0.25) is 0 Å². The van der Waals surface area contributed by atoms with E-state index in [1.807, 2.05) is 54.5 Å². The molecule has 0 radical (unpaired) electrons. The van der Waals surface area contributed by atoms with E-state index in [4.69, 9.17) is 18.8 Å². The average molecular weight is 414 g/mol. The summed E-state index contributed by atoms with van der Waals surface area (Å²) in [7, 11) is -0.537. The van der Waals surface area contributed by atoms with Gasteiger partial charge < -0.3 is 23.7 Å². The number of amides is 1. The smallest absolute Gasteiger partial charge is 0.487 e. The van der Waals surface area contributed by atoms with Crippen molar-refractivity contribution < 1.29 is 23.6 Å². The quantitative estimate of drug-likeness (QED) is 0.707. The Morgan fingerprint density at radius 1 is 1.23 bits per heavy atom. The summed E-state index contributed by atoms with van der Waals surface area (Å²) in [6.07, 6.45) is 0.154. The number of nitrogens with zero attached hydrogens (tertiary/aromatic N) is 2. The van der Waals surface area contributed by atoms with E-state index in [0.29, 0.717) is 30.8 Å². The fourth-order valence-electron chi connectivity index (χ4n) is 3.36. The molecule has 0 N–H and O–H groups in total. The largest absolute Gasteiger partial charge is 0.494 e. The fraction of sp³-hybridized carbons (Fsp3) is 0.636. The van der Waals surface area contributed by atoms with Gasteiger partial charge in [0, 0.05) is 13.0 Å². The number of hydrogen-bond acceptors (Lipinski definition) is 6. The molecule has 1 aromatic rings. The van der Waals surface area contributed by atoms with E-state index in [1.165, 1.54) is 0 Å². The molecule has 3 rings (SSSR count). The third kappa shape index (κ3) is 4.74. The van der Waals surface area contributed by atoms with Crippen molar-refractivity contribution in [3.8, 4) is 11.8 Å². The first-order chi connectivity index (χ1) is 13.8. The molecule has 0 bridgehead atoms. The minimum Gasteiger partial charge on any atom is -0.487 e. The third-order valence-electron chi connectivity index (χ3n) is 5.74. The Balaban J connectivity index is 1.67. The summed E-state index contributed by atoms with van der Waals surface area (Å²) in [5, 5.41) is 9.64. The van der Waals surface area contributed by atoms with E-state index >= 15 is 0 Å². The highest BCUT2D eigenvalue weighted by molar-refractivity contribution is 6.62. The Labute approximate surface area is 179 Å². The Morgan fingerprint density at radius 2 is 1.87 bits per heavy atom. The predicted molar refractivity (Wildman–Crippen MR) is 114 cm³/mol. The predicted octanol–water partition coefficient (Wildman–Crippen LogP) is 3.25. The van der Waals surface area contributed by atoms with Gasteiger partial charge >= 0.3 is 13.2 Å². The van der Waals surface area contributed by atoms with E-state index < -0.39 is 23.9 Å². The number of carbonyl (C=O) groups excluding carboxylic acids is 1. The van der Waals surface area contributed by atoms with Gasteiger partial charge in [-0.3, -0.25) is 0 Å². The molecule has 0 aliphatic carbocycles. The molecule has 1 unspecified atom stereocenters. The lowest BCUT2D eigenvalue weighted by Crippen LogP contribution is -2.41. The van der Waals surface area contributed by atoms with Crippen molar-refractivity contribution in [2.24, 2.45) is 0 Å². The normalized spacial score (nSPS) is 22.7. The van der Waals surface area contributed by atoms with Crippen molar-refractivity contribution in [1.82, 2.24) is 4.90 Å². The molecule has 0 spiro atoms. The lowest BCUT2D eigenvalue weighted by atomic mass is 9.78. The van der Waals surface area contributed by atoms with Crippen LogP contribution in [0.4, 0.5) is 4.79 Å². The number of ether oxygens (including phenoxy) is 2. The molecule has 2 aliphatic heterocycles. The molecule has 30 heavy (non-hydrogen) atoms. The van der Waals surface area contributed by atoms with Gasteiger partial charge in [0.15, 0.2) is 0 Å². The van der Waals surface area contributed by atoms with Crippen LogP contribution in [0.5, 0.6) is 5.75 Å². The van der Waals surface area contributed by atoms with E-state index in [0.717, 1.165) is 5.46 Å². The third-order valence-corrected chi connectivity index (χ3v) is 5.74. The lowest BCUT2D eigenvalue weighted by molar-refractivity contribution is 0.00578. The van der Waals surface area contributed by atoms with Gasteiger partial charge in [-0.25, -0.2) is 4.79 Å². The second kappa shape index (κ2) is 7.79. The van der Waals surface area contributed by atoms with Crippen molar-refractivity contribution in [2.45, 2.75) is 77.8 Å². The van der Waals surface area contributed by atoms with Crippen molar-refractivity contribution >= 4 is 18.7 Å². The van der Waals surface area contributed by atoms with Crippen molar-refractivity contribution in [2.75, 3.05) is 13.1 Å². The van der Waals surface area contributed by atoms with Gasteiger partial charge in [-0.05, 0) is 66.1 Å². The van der Waals surface area contributed by atoms with Crippen LogP contribution in [0.25, 0.3) is 0 Å². The van der Waals surface area contributed by atoms with E-state index in [2.05, 4.69) is 6.07 Å². The highest BCUT2D eigenvalue weighted by atomic mass is 16.7. The number of nitriles is 1. The maximum atomic E-state index is 12.2. The summed E-state index contributed by atoms with van der Waals surface area (Å²) < 4.78 is 23.6. The standard InChI is InChI=1S/C22H31BN2O5/c1-20(2,3)28-19(26)25-11-10-17(14-25)27-18-9-8-16(12-15(18)13-24)23-29-21(4,5)22(6,7)30-23/h8-9,12,17H,10-11,14H2,1-7H3. The Bertz CT molecular complexity index is 840. The number of benzene rings is 1. The minimum atomic E-state index is -0.537. The summed E-state index contributed by atoms with van der Waals surface area (Å²) in [4.78, 5) is 13.9. The average Bonchev–Trinajstić information content (AvgIpc) is 3.16. The molecule has 2 aliphatic rings. The van der Waals surface area contributed by atoms with Crippen molar-refractivity contribution in [3.05, 3.63) is 23.8 Å². The van der Waals surface area contributed by atoms with Crippen molar-refractivity contribution in [1.29, 1.82) is 5.26 Å². The summed E-state index contributed by atoms with van der Waals surface area (Å²) in [6, 6.07) is 7.58. The van der Waals surface area contributed by atoms with Crippen LogP contribution < -0.4 is 10.2 Å². The monoisotopic (exact) mass is 414 g/mol. The summed E-state index contributed by atoms with van der Waals surface area (Å²) >= 11 is 0. The topological polar surface area (TPSA) is 81.0 Å². The second-order valence-electron chi connectivity index (χ2n) is 9.91. The first-order valence-corrected chi connectivity index (χ1v) is 10.4. The highest BCUT2D eigenvalue weighted by Gasteiger charge is 2.51. The lowest BCUT2D eigenvalue weighted by Gasteiger charge is -2.32. The summed E-state index contributed by atoms with van der Waals surface area (Å²) in [6.45, 7) is 14.5. The molecule has 2 heterocycles. The molecule has 162 valence electrons. The molecule has 1 atom stereocenters. The van der Waals surface area contributed by atoms with Gasteiger partial charge in [0.2, 0.25) is 0 Å². The zero-order valence-electron chi connectivity index (χ0n) is 18.9. The molecule has 2 fully saturated rings. The number of likely N-dealkylation sites (tertiary alicyclic amines) is 1. The molecule has 8 heteroatoms. The van der Waals surface area contributed by atoms with E-state index in [1.54, 1.807) is 17.0 Å². The van der Waals surface area contributed by atoms with Gasteiger partial charge in [0.1, 0.15) is 23.5 Å². The first kappa shape index (κ1) is 22.5. The number of hydrogen-bond donors (Lipinski definition) is 0. The summed E-state index contributed by atoms with van der Waals surface area (Å²) in [5.74, 6) is 0.494. The summed E-state index contributed by atoms with van der Waals surface area (Å²) in [5.41, 5.74) is -0.242. The highest BCUT2D eigenvalue weighted by Crippen LogP contribution is 2.36. The Hall–Kier alpha value is -2.24. The van der Waals surface area contributed by atoms with Gasteiger partial charge in [-0.2, -0.15) is 5.26 Å². The minimum absolute atomic E-state index is 0.188. The maximum absolute atomic E-state index is 12.2. The van der Waals surface area contributed by atoms with Gasteiger partial charge in [0.25, 0.3) is 0 Å². The van der Waals surface area contributed by atoms with Crippen LogP contribution in [-0.2, 0) is 14.0 Å².